The van der Waals surface area contributed by atoms with E-state index >= 15 is 0 Å². The summed E-state index contributed by atoms with van der Waals surface area (Å²) in [7, 11) is 1.56. The van der Waals surface area contributed by atoms with Crippen molar-refractivity contribution < 1.29 is 19.4 Å². The molecular formula is C20H23NO4. The SMILES string of the molecule is COc1cccc(C(C)C(=O)NC(C(=O)O)c2cccc(C)c2C)c1. The van der Waals surface area contributed by atoms with Crippen LogP contribution in [0.25, 0.3) is 0 Å². The van der Waals surface area contributed by atoms with E-state index in [1.54, 1.807) is 44.4 Å². The van der Waals surface area contributed by atoms with Gasteiger partial charge in [0.05, 0.1) is 13.0 Å². The maximum atomic E-state index is 12.6. The van der Waals surface area contributed by atoms with Gasteiger partial charge in [0.15, 0.2) is 6.04 Å². The first-order chi connectivity index (χ1) is 11.8. The molecule has 2 atom stereocenters. The number of carbonyl (C=O) groups excluding carboxylic acids is 1. The lowest BCUT2D eigenvalue weighted by Crippen LogP contribution is -2.36. The van der Waals surface area contributed by atoms with E-state index in [4.69, 9.17) is 4.74 Å². The summed E-state index contributed by atoms with van der Waals surface area (Å²) >= 11 is 0. The number of hydrogen-bond acceptors (Lipinski definition) is 3. The van der Waals surface area contributed by atoms with Gasteiger partial charge < -0.3 is 15.2 Å². The van der Waals surface area contributed by atoms with E-state index < -0.39 is 17.9 Å². The van der Waals surface area contributed by atoms with Crippen LogP contribution in [0.15, 0.2) is 42.5 Å². The van der Waals surface area contributed by atoms with Gasteiger partial charge in [-0.1, -0.05) is 30.3 Å². The highest BCUT2D eigenvalue weighted by atomic mass is 16.5. The normalized spacial score (nSPS) is 13.0. The second kappa shape index (κ2) is 7.83. The number of aryl methyl sites for hydroxylation is 1. The molecule has 0 spiro atoms. The molecule has 0 heterocycles. The van der Waals surface area contributed by atoms with Crippen molar-refractivity contribution in [2.24, 2.45) is 0 Å². The van der Waals surface area contributed by atoms with Crippen LogP contribution in [0.5, 0.6) is 5.75 Å². The lowest BCUT2D eigenvalue weighted by Gasteiger charge is -2.21. The van der Waals surface area contributed by atoms with Crippen LogP contribution in [-0.4, -0.2) is 24.1 Å². The molecule has 2 aromatic rings. The Morgan fingerprint density at radius 3 is 2.44 bits per heavy atom. The van der Waals surface area contributed by atoms with Crippen molar-refractivity contribution in [2.75, 3.05) is 7.11 Å². The maximum absolute atomic E-state index is 12.6. The molecule has 0 aliphatic carbocycles. The maximum Gasteiger partial charge on any atom is 0.330 e. The number of methoxy groups -OCH3 is 1. The van der Waals surface area contributed by atoms with E-state index in [0.29, 0.717) is 11.3 Å². The number of aliphatic carboxylic acids is 1. The molecule has 0 saturated heterocycles. The smallest absolute Gasteiger partial charge is 0.330 e. The molecule has 0 aromatic heterocycles. The van der Waals surface area contributed by atoms with Crippen molar-refractivity contribution in [3.05, 3.63) is 64.7 Å². The average molecular weight is 341 g/mol. The predicted octanol–water partition coefficient (Wildman–Crippen LogP) is 3.36. The first kappa shape index (κ1) is 18.5. The van der Waals surface area contributed by atoms with Gasteiger partial charge in [0.1, 0.15) is 5.75 Å². The van der Waals surface area contributed by atoms with Crippen molar-refractivity contribution in [3.8, 4) is 5.75 Å². The fourth-order valence-corrected chi connectivity index (χ4v) is 2.69. The molecule has 0 aliphatic rings. The summed E-state index contributed by atoms with van der Waals surface area (Å²) in [4.78, 5) is 24.3. The van der Waals surface area contributed by atoms with Gasteiger partial charge in [0.25, 0.3) is 0 Å². The predicted molar refractivity (Wildman–Crippen MR) is 95.8 cm³/mol. The van der Waals surface area contributed by atoms with Crippen LogP contribution in [0.2, 0.25) is 0 Å². The number of carbonyl (C=O) groups is 2. The standard InChI is InChI=1S/C20H23NO4/c1-12-7-5-10-17(13(12)2)18(20(23)24)21-19(22)14(3)15-8-6-9-16(11-15)25-4/h5-11,14,18H,1-4H3,(H,21,22)(H,23,24). The number of nitrogens with one attached hydrogen (secondary N) is 1. The average Bonchev–Trinajstić information content (AvgIpc) is 2.61. The third-order valence-corrected chi connectivity index (χ3v) is 4.48. The van der Waals surface area contributed by atoms with Gasteiger partial charge in [-0.15, -0.1) is 0 Å². The zero-order chi connectivity index (χ0) is 18.6. The highest BCUT2D eigenvalue weighted by Gasteiger charge is 2.26. The van der Waals surface area contributed by atoms with Crippen LogP contribution >= 0.6 is 0 Å². The summed E-state index contributed by atoms with van der Waals surface area (Å²) in [5.41, 5.74) is 3.21. The Morgan fingerprint density at radius 2 is 1.80 bits per heavy atom. The van der Waals surface area contributed by atoms with E-state index in [9.17, 15) is 14.7 Å². The Kier molecular flexibility index (Phi) is 5.80. The van der Waals surface area contributed by atoms with Crippen molar-refractivity contribution in [1.82, 2.24) is 5.32 Å². The molecule has 2 N–H and O–H groups in total. The first-order valence-electron chi connectivity index (χ1n) is 8.08. The van der Waals surface area contributed by atoms with Crippen LogP contribution in [0.3, 0.4) is 0 Å². The van der Waals surface area contributed by atoms with Gasteiger partial charge >= 0.3 is 5.97 Å². The van der Waals surface area contributed by atoms with Crippen molar-refractivity contribution >= 4 is 11.9 Å². The highest BCUT2D eigenvalue weighted by Crippen LogP contribution is 2.24. The van der Waals surface area contributed by atoms with Crippen molar-refractivity contribution in [3.63, 3.8) is 0 Å². The molecule has 5 heteroatoms. The summed E-state index contributed by atoms with van der Waals surface area (Å²) in [6, 6.07) is 11.6. The third kappa shape index (κ3) is 4.18. The topological polar surface area (TPSA) is 75.6 Å². The molecule has 0 bridgehead atoms. The summed E-state index contributed by atoms with van der Waals surface area (Å²) in [5.74, 6) is -1.27. The first-order valence-corrected chi connectivity index (χ1v) is 8.08. The van der Waals surface area contributed by atoms with Crippen LogP contribution in [0.1, 0.15) is 41.1 Å². The summed E-state index contributed by atoms with van der Waals surface area (Å²) in [6.45, 7) is 5.52. The van der Waals surface area contributed by atoms with Crippen LogP contribution in [-0.2, 0) is 9.59 Å². The van der Waals surface area contributed by atoms with Gasteiger partial charge in [-0.25, -0.2) is 4.79 Å². The molecule has 132 valence electrons. The quantitative estimate of drug-likeness (QED) is 0.845. The van der Waals surface area contributed by atoms with Gasteiger partial charge in [-0.3, -0.25) is 4.79 Å². The molecule has 5 nitrogen and oxygen atoms in total. The molecule has 2 rings (SSSR count). The van der Waals surface area contributed by atoms with Crippen molar-refractivity contribution in [2.45, 2.75) is 32.7 Å². The molecule has 0 fully saturated rings. The van der Waals surface area contributed by atoms with Crippen LogP contribution in [0, 0.1) is 13.8 Å². The summed E-state index contributed by atoms with van der Waals surface area (Å²) in [5, 5.41) is 12.2. The van der Waals surface area contributed by atoms with E-state index in [0.717, 1.165) is 16.7 Å². The molecule has 25 heavy (non-hydrogen) atoms. The molecule has 0 aliphatic heterocycles. The fourth-order valence-electron chi connectivity index (χ4n) is 2.69. The number of carboxylic acid groups (broad SMARTS) is 1. The highest BCUT2D eigenvalue weighted by molar-refractivity contribution is 5.88. The lowest BCUT2D eigenvalue weighted by atomic mass is 9.95. The molecule has 1 amide bonds. The minimum Gasteiger partial charge on any atom is -0.497 e. The Balaban J connectivity index is 2.25. The van der Waals surface area contributed by atoms with Crippen LogP contribution < -0.4 is 10.1 Å². The Hall–Kier alpha value is -2.82. The lowest BCUT2D eigenvalue weighted by molar-refractivity contribution is -0.142. The molecule has 2 aromatic carbocycles. The third-order valence-electron chi connectivity index (χ3n) is 4.48. The Morgan fingerprint density at radius 1 is 1.12 bits per heavy atom. The number of hydrogen-bond donors (Lipinski definition) is 2. The number of ether oxygens (including phenoxy) is 1. The summed E-state index contributed by atoms with van der Waals surface area (Å²) in [6.07, 6.45) is 0. The number of amides is 1. The van der Waals surface area contributed by atoms with Gasteiger partial charge in [0.2, 0.25) is 5.91 Å². The zero-order valence-electron chi connectivity index (χ0n) is 14.9. The number of rotatable bonds is 6. The summed E-state index contributed by atoms with van der Waals surface area (Å²) < 4.78 is 5.18. The van der Waals surface area contributed by atoms with Crippen molar-refractivity contribution in [1.29, 1.82) is 0 Å². The minimum absolute atomic E-state index is 0.346. The van der Waals surface area contributed by atoms with E-state index in [-0.39, 0.29) is 5.91 Å². The largest absolute Gasteiger partial charge is 0.497 e. The second-order valence-electron chi connectivity index (χ2n) is 6.07. The fraction of sp³-hybridized carbons (Fsp3) is 0.300. The molecular weight excluding hydrogens is 318 g/mol. The van der Waals surface area contributed by atoms with Gasteiger partial charge in [-0.2, -0.15) is 0 Å². The Labute approximate surface area is 147 Å². The van der Waals surface area contributed by atoms with E-state index in [1.165, 1.54) is 0 Å². The number of benzene rings is 2. The Bertz CT molecular complexity index is 785. The zero-order valence-corrected chi connectivity index (χ0v) is 14.9. The molecule has 0 saturated carbocycles. The molecule has 2 unspecified atom stereocenters. The van der Waals surface area contributed by atoms with E-state index in [1.807, 2.05) is 26.0 Å². The van der Waals surface area contributed by atoms with E-state index in [2.05, 4.69) is 5.32 Å². The second-order valence-corrected chi connectivity index (χ2v) is 6.07. The van der Waals surface area contributed by atoms with Crippen LogP contribution in [0.4, 0.5) is 0 Å². The molecule has 0 radical (unpaired) electrons. The minimum atomic E-state index is -1.08. The van der Waals surface area contributed by atoms with Gasteiger partial charge in [-0.05, 0) is 55.2 Å². The monoisotopic (exact) mass is 341 g/mol. The van der Waals surface area contributed by atoms with Gasteiger partial charge in [0, 0.05) is 0 Å². The number of carboxylic acids is 1.